The van der Waals surface area contributed by atoms with Gasteiger partial charge in [0.05, 0.1) is 6.61 Å². The molecule has 0 radical (unpaired) electrons. The molecule has 0 amide bonds. The van der Waals surface area contributed by atoms with Crippen LogP contribution in [0, 0.1) is 0 Å². The summed E-state index contributed by atoms with van der Waals surface area (Å²) in [6.07, 6.45) is 0. The Morgan fingerprint density at radius 1 is 1.08 bits per heavy atom. The van der Waals surface area contributed by atoms with Gasteiger partial charge < -0.3 is 13.9 Å². The highest BCUT2D eigenvalue weighted by atomic mass is 16.5. The summed E-state index contributed by atoms with van der Waals surface area (Å²) < 4.78 is 15.8. The first-order chi connectivity index (χ1) is 11.7. The second-order valence-electron chi connectivity index (χ2n) is 5.14. The molecule has 24 heavy (non-hydrogen) atoms. The number of ether oxygens (including phenoxy) is 2. The Morgan fingerprint density at radius 3 is 2.62 bits per heavy atom. The van der Waals surface area contributed by atoms with E-state index in [0.29, 0.717) is 23.3 Å². The van der Waals surface area contributed by atoms with Crippen LogP contribution in [0.3, 0.4) is 0 Å². The number of hydrogen-bond donors (Lipinski definition) is 0. The van der Waals surface area contributed by atoms with Crippen LogP contribution in [0.1, 0.15) is 22.8 Å². The third-order valence-corrected chi connectivity index (χ3v) is 3.45. The minimum absolute atomic E-state index is 0.121. The molecule has 3 aromatic rings. The quantitative estimate of drug-likeness (QED) is 0.530. The van der Waals surface area contributed by atoms with E-state index in [2.05, 4.69) is 0 Å². The first-order valence-electron chi connectivity index (χ1n) is 7.59. The molecular weight excluding hydrogens is 308 g/mol. The van der Waals surface area contributed by atoms with Gasteiger partial charge in [0.1, 0.15) is 23.5 Å². The minimum atomic E-state index is -0.709. The highest BCUT2D eigenvalue weighted by molar-refractivity contribution is 5.93. The zero-order valence-corrected chi connectivity index (χ0v) is 13.2. The minimum Gasteiger partial charge on any atom is -0.489 e. The molecule has 3 rings (SSSR count). The van der Waals surface area contributed by atoms with Gasteiger partial charge in [-0.05, 0) is 36.8 Å². The summed E-state index contributed by atoms with van der Waals surface area (Å²) >= 11 is 0. The number of esters is 1. The maximum absolute atomic E-state index is 11.8. The molecular formula is C19H16O5. The molecule has 0 aliphatic carbocycles. The van der Waals surface area contributed by atoms with Crippen molar-refractivity contribution >= 4 is 16.9 Å². The molecule has 1 heterocycles. The SMILES string of the molecule is CCOC(=O)c1cc2cc(OCc3ccccc3)ccc2oc1=O. The third kappa shape index (κ3) is 3.46. The zero-order valence-electron chi connectivity index (χ0n) is 13.2. The topological polar surface area (TPSA) is 65.7 Å². The van der Waals surface area contributed by atoms with Gasteiger partial charge in [-0.25, -0.2) is 9.59 Å². The van der Waals surface area contributed by atoms with Gasteiger partial charge in [0.25, 0.3) is 0 Å². The molecule has 0 saturated carbocycles. The van der Waals surface area contributed by atoms with Crippen LogP contribution in [0.25, 0.3) is 11.0 Å². The molecule has 0 spiro atoms. The molecule has 0 fully saturated rings. The second-order valence-corrected chi connectivity index (χ2v) is 5.14. The molecule has 0 saturated heterocycles. The van der Waals surface area contributed by atoms with Crippen molar-refractivity contribution in [2.24, 2.45) is 0 Å². The molecule has 5 nitrogen and oxygen atoms in total. The van der Waals surface area contributed by atoms with Crippen LogP contribution < -0.4 is 10.4 Å². The fraction of sp³-hybridized carbons (Fsp3) is 0.158. The van der Waals surface area contributed by atoms with Crippen molar-refractivity contribution in [2.75, 3.05) is 6.61 Å². The van der Waals surface area contributed by atoms with E-state index >= 15 is 0 Å². The lowest BCUT2D eigenvalue weighted by Gasteiger charge is -2.07. The number of rotatable bonds is 5. The smallest absolute Gasteiger partial charge is 0.351 e. The van der Waals surface area contributed by atoms with Crippen molar-refractivity contribution in [2.45, 2.75) is 13.5 Å². The lowest BCUT2D eigenvalue weighted by atomic mass is 10.2. The molecule has 0 N–H and O–H groups in total. The summed E-state index contributed by atoms with van der Waals surface area (Å²) in [4.78, 5) is 23.6. The second kappa shape index (κ2) is 7.00. The molecule has 5 heteroatoms. The van der Waals surface area contributed by atoms with E-state index in [9.17, 15) is 9.59 Å². The molecule has 0 aliphatic rings. The fourth-order valence-corrected chi connectivity index (χ4v) is 2.28. The van der Waals surface area contributed by atoms with Crippen molar-refractivity contribution in [3.63, 3.8) is 0 Å². The van der Waals surface area contributed by atoms with E-state index in [0.717, 1.165) is 5.56 Å². The van der Waals surface area contributed by atoms with Gasteiger partial charge in [-0.15, -0.1) is 0 Å². The Balaban J connectivity index is 1.87. The van der Waals surface area contributed by atoms with Crippen LogP contribution in [0.2, 0.25) is 0 Å². The highest BCUT2D eigenvalue weighted by Crippen LogP contribution is 2.21. The van der Waals surface area contributed by atoms with Crippen LogP contribution in [0.4, 0.5) is 0 Å². The standard InChI is InChI=1S/C19H16O5/c1-2-22-18(20)16-11-14-10-15(8-9-17(14)24-19(16)21)23-12-13-6-4-3-5-7-13/h3-11H,2,12H2,1H3. The molecule has 0 bridgehead atoms. The van der Waals surface area contributed by atoms with Crippen molar-refractivity contribution < 1.29 is 18.7 Å². The third-order valence-electron chi connectivity index (χ3n) is 3.45. The summed E-state index contributed by atoms with van der Waals surface area (Å²) in [5.41, 5.74) is 0.605. The summed E-state index contributed by atoms with van der Waals surface area (Å²) in [6.45, 7) is 2.29. The van der Waals surface area contributed by atoms with Crippen LogP contribution in [0.5, 0.6) is 5.75 Å². The Bertz CT molecular complexity index is 912. The van der Waals surface area contributed by atoms with Gasteiger partial charge in [0, 0.05) is 5.39 Å². The van der Waals surface area contributed by atoms with Gasteiger partial charge in [-0.3, -0.25) is 0 Å². The largest absolute Gasteiger partial charge is 0.489 e. The summed E-state index contributed by atoms with van der Waals surface area (Å²) in [7, 11) is 0. The molecule has 0 aliphatic heterocycles. The lowest BCUT2D eigenvalue weighted by molar-refractivity contribution is 0.0522. The number of carbonyl (C=O) groups excluding carboxylic acids is 1. The first kappa shape index (κ1) is 15.8. The summed E-state index contributed by atoms with van der Waals surface area (Å²) in [5.74, 6) is -0.0706. The Kier molecular flexibility index (Phi) is 4.61. The Labute approximate surface area is 138 Å². The summed E-state index contributed by atoms with van der Waals surface area (Å²) in [5, 5.41) is 0.600. The fourth-order valence-electron chi connectivity index (χ4n) is 2.28. The van der Waals surface area contributed by atoms with Gasteiger partial charge in [0.2, 0.25) is 0 Å². The van der Waals surface area contributed by atoms with E-state index < -0.39 is 11.6 Å². The monoisotopic (exact) mass is 324 g/mol. The van der Waals surface area contributed by atoms with Crippen LogP contribution in [0.15, 0.2) is 63.8 Å². The summed E-state index contributed by atoms with van der Waals surface area (Å²) in [6, 6.07) is 16.3. The van der Waals surface area contributed by atoms with E-state index in [1.807, 2.05) is 30.3 Å². The van der Waals surface area contributed by atoms with Gasteiger partial charge in [0.15, 0.2) is 0 Å². The van der Waals surface area contributed by atoms with Crippen molar-refractivity contribution in [1.82, 2.24) is 0 Å². The molecule has 122 valence electrons. The van der Waals surface area contributed by atoms with E-state index in [1.54, 1.807) is 25.1 Å². The van der Waals surface area contributed by atoms with Gasteiger partial charge in [-0.2, -0.15) is 0 Å². The predicted molar refractivity (Wildman–Crippen MR) is 89.2 cm³/mol. The molecule has 0 unspecified atom stereocenters. The van der Waals surface area contributed by atoms with E-state index in [4.69, 9.17) is 13.9 Å². The molecule has 1 aromatic heterocycles. The number of carbonyl (C=O) groups is 1. The van der Waals surface area contributed by atoms with E-state index in [-0.39, 0.29) is 12.2 Å². The van der Waals surface area contributed by atoms with Gasteiger partial charge >= 0.3 is 11.6 Å². The van der Waals surface area contributed by atoms with Crippen LogP contribution in [-0.2, 0) is 11.3 Å². The average molecular weight is 324 g/mol. The van der Waals surface area contributed by atoms with Crippen molar-refractivity contribution in [1.29, 1.82) is 0 Å². The van der Waals surface area contributed by atoms with E-state index in [1.165, 1.54) is 6.07 Å². The first-order valence-corrected chi connectivity index (χ1v) is 7.59. The predicted octanol–water partition coefficient (Wildman–Crippen LogP) is 3.55. The normalized spacial score (nSPS) is 10.5. The number of fused-ring (bicyclic) bond motifs is 1. The zero-order chi connectivity index (χ0) is 16.9. The lowest BCUT2D eigenvalue weighted by Crippen LogP contribution is -2.16. The Morgan fingerprint density at radius 2 is 1.88 bits per heavy atom. The number of hydrogen-bond acceptors (Lipinski definition) is 5. The maximum atomic E-state index is 11.8. The Hall–Kier alpha value is -3.08. The van der Waals surface area contributed by atoms with Crippen molar-refractivity contribution in [3.05, 3.63) is 76.1 Å². The highest BCUT2D eigenvalue weighted by Gasteiger charge is 2.15. The number of benzene rings is 2. The maximum Gasteiger partial charge on any atom is 0.351 e. The van der Waals surface area contributed by atoms with Crippen LogP contribution in [-0.4, -0.2) is 12.6 Å². The average Bonchev–Trinajstić information content (AvgIpc) is 2.60. The van der Waals surface area contributed by atoms with Gasteiger partial charge in [-0.1, -0.05) is 30.3 Å². The van der Waals surface area contributed by atoms with Crippen LogP contribution >= 0.6 is 0 Å². The molecule has 0 atom stereocenters. The molecule has 2 aromatic carbocycles. The van der Waals surface area contributed by atoms with Crippen molar-refractivity contribution in [3.8, 4) is 5.75 Å².